The first-order chi connectivity index (χ1) is 12.2. The van der Waals surface area contributed by atoms with Crippen molar-refractivity contribution in [2.45, 2.75) is 25.3 Å². The number of nitrogens with two attached hydrogens (primary N) is 1. The van der Waals surface area contributed by atoms with E-state index in [1.165, 1.54) is 6.20 Å². The van der Waals surface area contributed by atoms with E-state index >= 15 is 0 Å². The van der Waals surface area contributed by atoms with E-state index in [4.69, 9.17) is 5.73 Å². The molecule has 1 saturated heterocycles. The van der Waals surface area contributed by atoms with Gasteiger partial charge in [0.05, 0.1) is 18.1 Å². The fraction of sp³-hybridized carbons (Fsp3) is 0.333. The third-order valence-corrected chi connectivity index (χ3v) is 4.89. The van der Waals surface area contributed by atoms with Crippen molar-refractivity contribution < 1.29 is 4.79 Å². The molecular formula is C18H18N6O. The lowest BCUT2D eigenvalue weighted by Gasteiger charge is -2.24. The van der Waals surface area contributed by atoms with Crippen LogP contribution in [0.4, 0.5) is 11.5 Å². The summed E-state index contributed by atoms with van der Waals surface area (Å²) in [5, 5.41) is 9.22. The highest BCUT2D eigenvalue weighted by atomic mass is 16.2. The first-order valence-electron chi connectivity index (χ1n) is 8.36. The first kappa shape index (κ1) is 15.4. The van der Waals surface area contributed by atoms with Gasteiger partial charge in [-0.05, 0) is 30.9 Å². The Morgan fingerprint density at radius 3 is 3.00 bits per heavy atom. The van der Waals surface area contributed by atoms with E-state index in [0.29, 0.717) is 24.6 Å². The van der Waals surface area contributed by atoms with Crippen molar-refractivity contribution >= 4 is 17.4 Å². The number of nitriles is 1. The summed E-state index contributed by atoms with van der Waals surface area (Å²) in [5.41, 5.74) is 9.40. The van der Waals surface area contributed by atoms with E-state index in [-0.39, 0.29) is 11.9 Å². The lowest BCUT2D eigenvalue weighted by molar-refractivity contribution is -0.121. The molecule has 1 aromatic carbocycles. The molecule has 2 aliphatic rings. The van der Waals surface area contributed by atoms with Gasteiger partial charge in [-0.3, -0.25) is 14.7 Å². The lowest BCUT2D eigenvalue weighted by Crippen LogP contribution is -2.43. The molecule has 7 nitrogen and oxygen atoms in total. The number of rotatable bonds is 2. The van der Waals surface area contributed by atoms with Crippen LogP contribution in [0.2, 0.25) is 0 Å². The summed E-state index contributed by atoms with van der Waals surface area (Å²) >= 11 is 0. The minimum absolute atomic E-state index is 0.00797. The second-order valence-corrected chi connectivity index (χ2v) is 6.32. The molecule has 0 saturated carbocycles. The number of hydrogen-bond donors (Lipinski definition) is 1. The predicted octanol–water partition coefficient (Wildman–Crippen LogP) is 1.56. The Bertz CT molecular complexity index is 874. The van der Waals surface area contributed by atoms with Gasteiger partial charge in [0, 0.05) is 24.3 Å². The number of nitrogens with zero attached hydrogens (tertiary/aromatic N) is 5. The van der Waals surface area contributed by atoms with Gasteiger partial charge in [0.15, 0.2) is 6.19 Å². The summed E-state index contributed by atoms with van der Waals surface area (Å²) < 4.78 is 0. The molecular weight excluding hydrogens is 316 g/mol. The molecule has 1 fully saturated rings. The van der Waals surface area contributed by atoms with E-state index in [1.54, 1.807) is 16.0 Å². The van der Waals surface area contributed by atoms with Crippen molar-refractivity contribution in [1.29, 1.82) is 5.26 Å². The summed E-state index contributed by atoms with van der Waals surface area (Å²) in [7, 11) is 0. The summed E-state index contributed by atoms with van der Waals surface area (Å²) in [6.45, 7) is 1.28. The molecule has 126 valence electrons. The number of benzene rings is 1. The van der Waals surface area contributed by atoms with Gasteiger partial charge >= 0.3 is 0 Å². The van der Waals surface area contributed by atoms with Crippen molar-refractivity contribution in [3.63, 3.8) is 0 Å². The SMILES string of the molecule is N#CN1CCCC1C(=O)N1CCc2c(-c3cncc(N)n3)cccc21. The smallest absolute Gasteiger partial charge is 0.250 e. The zero-order chi connectivity index (χ0) is 17.4. The molecule has 4 rings (SSSR count). The number of nitrogen functional groups attached to an aromatic ring is 1. The van der Waals surface area contributed by atoms with Crippen molar-refractivity contribution in [3.05, 3.63) is 36.2 Å². The number of amides is 1. The summed E-state index contributed by atoms with van der Waals surface area (Å²) in [4.78, 5) is 24.8. The Balaban J connectivity index is 1.69. The molecule has 1 atom stereocenters. The Kier molecular flexibility index (Phi) is 3.73. The molecule has 2 N–H and O–H groups in total. The van der Waals surface area contributed by atoms with Gasteiger partial charge in [0.25, 0.3) is 0 Å². The highest BCUT2D eigenvalue weighted by Gasteiger charge is 2.36. The van der Waals surface area contributed by atoms with Gasteiger partial charge < -0.3 is 10.6 Å². The van der Waals surface area contributed by atoms with Crippen LogP contribution in [0.5, 0.6) is 0 Å². The molecule has 1 aromatic heterocycles. The molecule has 25 heavy (non-hydrogen) atoms. The van der Waals surface area contributed by atoms with Gasteiger partial charge in [-0.2, -0.15) is 5.26 Å². The number of aromatic nitrogens is 2. The largest absolute Gasteiger partial charge is 0.382 e. The molecule has 1 unspecified atom stereocenters. The molecule has 0 spiro atoms. The van der Waals surface area contributed by atoms with Crippen molar-refractivity contribution in [1.82, 2.24) is 14.9 Å². The number of carbonyl (C=O) groups excluding carboxylic acids is 1. The van der Waals surface area contributed by atoms with Crippen molar-refractivity contribution in [2.24, 2.45) is 0 Å². The zero-order valence-electron chi connectivity index (χ0n) is 13.7. The Hall–Kier alpha value is -3.14. The monoisotopic (exact) mass is 334 g/mol. The predicted molar refractivity (Wildman–Crippen MR) is 93.3 cm³/mol. The number of anilines is 2. The van der Waals surface area contributed by atoms with Crippen molar-refractivity contribution in [2.75, 3.05) is 23.7 Å². The summed E-state index contributed by atoms with van der Waals surface area (Å²) in [6.07, 6.45) is 7.71. The second-order valence-electron chi connectivity index (χ2n) is 6.32. The van der Waals surface area contributed by atoms with E-state index in [0.717, 1.165) is 36.1 Å². The molecule has 7 heteroatoms. The Morgan fingerprint density at radius 2 is 2.20 bits per heavy atom. The highest BCUT2D eigenvalue weighted by Crippen LogP contribution is 2.36. The number of likely N-dealkylation sites (tertiary alicyclic amines) is 1. The average Bonchev–Trinajstić information content (AvgIpc) is 3.27. The highest BCUT2D eigenvalue weighted by molar-refractivity contribution is 6.00. The summed E-state index contributed by atoms with van der Waals surface area (Å²) in [5.74, 6) is 0.380. The second kappa shape index (κ2) is 6.06. The van der Waals surface area contributed by atoms with Crippen LogP contribution in [0.25, 0.3) is 11.3 Å². The fourth-order valence-corrected chi connectivity index (χ4v) is 3.74. The maximum atomic E-state index is 13.0. The summed E-state index contributed by atoms with van der Waals surface area (Å²) in [6, 6.07) is 5.51. The van der Waals surface area contributed by atoms with Crippen LogP contribution in [0.1, 0.15) is 18.4 Å². The number of hydrogen-bond acceptors (Lipinski definition) is 6. The normalized spacial score (nSPS) is 18.9. The van der Waals surface area contributed by atoms with Crippen LogP contribution in [-0.2, 0) is 11.2 Å². The van der Waals surface area contributed by atoms with E-state index < -0.39 is 0 Å². The van der Waals surface area contributed by atoms with E-state index in [2.05, 4.69) is 16.2 Å². The van der Waals surface area contributed by atoms with Gasteiger partial charge in [-0.25, -0.2) is 4.98 Å². The molecule has 1 amide bonds. The van der Waals surface area contributed by atoms with Gasteiger partial charge in [-0.1, -0.05) is 12.1 Å². The maximum Gasteiger partial charge on any atom is 0.250 e. The van der Waals surface area contributed by atoms with Gasteiger partial charge in [0.1, 0.15) is 11.9 Å². The lowest BCUT2D eigenvalue weighted by atomic mass is 10.0. The fourth-order valence-electron chi connectivity index (χ4n) is 3.74. The maximum absolute atomic E-state index is 13.0. The van der Waals surface area contributed by atoms with Gasteiger partial charge in [0.2, 0.25) is 5.91 Å². The van der Waals surface area contributed by atoms with Crippen LogP contribution in [0.15, 0.2) is 30.6 Å². The topological polar surface area (TPSA) is 99.1 Å². The van der Waals surface area contributed by atoms with Crippen LogP contribution in [0.3, 0.4) is 0 Å². The molecule has 0 bridgehead atoms. The minimum Gasteiger partial charge on any atom is -0.382 e. The molecule has 2 aliphatic heterocycles. The van der Waals surface area contributed by atoms with E-state index in [1.807, 2.05) is 18.2 Å². The number of fused-ring (bicyclic) bond motifs is 1. The van der Waals surface area contributed by atoms with Crippen LogP contribution < -0.4 is 10.6 Å². The standard InChI is InChI=1S/C18H18N6O/c19-11-23-7-2-5-16(23)18(25)24-8-6-13-12(3-1-4-15(13)24)14-9-21-10-17(20)22-14/h1,3-4,9-10,16H,2,5-8H2,(H2,20,22). The molecule has 2 aromatic rings. The molecule has 3 heterocycles. The Morgan fingerprint density at radius 1 is 1.32 bits per heavy atom. The van der Waals surface area contributed by atoms with Crippen molar-refractivity contribution in [3.8, 4) is 17.5 Å². The van der Waals surface area contributed by atoms with Gasteiger partial charge in [-0.15, -0.1) is 0 Å². The minimum atomic E-state index is -0.341. The van der Waals surface area contributed by atoms with Crippen LogP contribution in [0, 0.1) is 11.5 Å². The molecule has 0 aliphatic carbocycles. The average molecular weight is 334 g/mol. The Labute approximate surface area is 145 Å². The van der Waals surface area contributed by atoms with Crippen LogP contribution in [-0.4, -0.2) is 39.9 Å². The quantitative estimate of drug-likeness (QED) is 0.837. The third kappa shape index (κ3) is 2.56. The van der Waals surface area contributed by atoms with E-state index in [9.17, 15) is 10.1 Å². The zero-order valence-corrected chi connectivity index (χ0v) is 13.7. The van der Waals surface area contributed by atoms with Crippen LogP contribution >= 0.6 is 0 Å². The molecule has 0 radical (unpaired) electrons. The third-order valence-electron chi connectivity index (χ3n) is 4.89. The first-order valence-corrected chi connectivity index (χ1v) is 8.36. The number of carbonyl (C=O) groups is 1.